The second-order valence-electron chi connectivity index (χ2n) is 5.49. The topological polar surface area (TPSA) is 35.0 Å². The highest BCUT2D eigenvalue weighted by atomic mass is 16.5. The van der Waals surface area contributed by atoms with Gasteiger partial charge in [-0.1, -0.05) is 24.3 Å². The van der Waals surface area contributed by atoms with Crippen molar-refractivity contribution in [3.8, 4) is 28.3 Å². The van der Waals surface area contributed by atoms with Gasteiger partial charge >= 0.3 is 0 Å². The summed E-state index contributed by atoms with van der Waals surface area (Å²) >= 11 is 0. The molecule has 3 aromatic carbocycles. The van der Waals surface area contributed by atoms with Gasteiger partial charge in [-0.15, -0.1) is 0 Å². The van der Waals surface area contributed by atoms with Crippen molar-refractivity contribution < 1.29 is 4.74 Å². The summed E-state index contributed by atoms with van der Waals surface area (Å²) in [5.41, 5.74) is 6.20. The molecule has 0 N–H and O–H groups in total. The SMILES string of the molecule is COc1cccc2cc3c(cc12)-c1nc2ccccc2nc1-3. The van der Waals surface area contributed by atoms with Crippen LogP contribution in [0.4, 0.5) is 0 Å². The molecule has 1 aromatic heterocycles. The van der Waals surface area contributed by atoms with Crippen LogP contribution < -0.4 is 4.74 Å². The van der Waals surface area contributed by atoms with Gasteiger partial charge in [0.05, 0.1) is 29.5 Å². The zero-order valence-corrected chi connectivity index (χ0v) is 12.0. The molecule has 0 fully saturated rings. The van der Waals surface area contributed by atoms with Crippen LogP contribution in [-0.2, 0) is 0 Å². The van der Waals surface area contributed by atoms with Crippen molar-refractivity contribution in [3.63, 3.8) is 0 Å². The fourth-order valence-electron chi connectivity index (χ4n) is 3.18. The van der Waals surface area contributed by atoms with Gasteiger partial charge in [0, 0.05) is 16.5 Å². The Balaban J connectivity index is 1.82. The maximum atomic E-state index is 5.47. The number of fused-ring (bicyclic) bond motifs is 6. The van der Waals surface area contributed by atoms with Gasteiger partial charge in [-0.25, -0.2) is 9.97 Å². The molecular weight excluding hydrogens is 272 g/mol. The molecule has 22 heavy (non-hydrogen) atoms. The first-order valence-corrected chi connectivity index (χ1v) is 7.23. The molecule has 3 heteroatoms. The van der Waals surface area contributed by atoms with Crippen LogP contribution in [0.15, 0.2) is 54.6 Å². The first-order valence-electron chi connectivity index (χ1n) is 7.23. The molecule has 0 aliphatic heterocycles. The summed E-state index contributed by atoms with van der Waals surface area (Å²) in [4.78, 5) is 9.52. The number of rotatable bonds is 1. The zero-order chi connectivity index (χ0) is 14.7. The molecule has 1 aliphatic rings. The Morgan fingerprint density at radius 3 is 2.14 bits per heavy atom. The lowest BCUT2D eigenvalue weighted by Gasteiger charge is -2.23. The molecule has 1 aliphatic carbocycles. The van der Waals surface area contributed by atoms with E-state index in [0.29, 0.717) is 0 Å². The third-order valence-electron chi connectivity index (χ3n) is 4.28. The van der Waals surface area contributed by atoms with Crippen LogP contribution in [0.5, 0.6) is 5.75 Å². The van der Waals surface area contributed by atoms with Crippen LogP contribution in [0.3, 0.4) is 0 Å². The summed E-state index contributed by atoms with van der Waals surface area (Å²) in [7, 11) is 1.70. The Morgan fingerprint density at radius 2 is 1.45 bits per heavy atom. The molecule has 0 saturated heterocycles. The van der Waals surface area contributed by atoms with E-state index in [1.54, 1.807) is 7.11 Å². The quantitative estimate of drug-likeness (QED) is 0.456. The van der Waals surface area contributed by atoms with Gasteiger partial charge < -0.3 is 4.74 Å². The van der Waals surface area contributed by atoms with E-state index in [0.717, 1.165) is 39.1 Å². The highest BCUT2D eigenvalue weighted by Gasteiger charge is 2.27. The molecule has 3 nitrogen and oxygen atoms in total. The molecule has 0 spiro atoms. The van der Waals surface area contributed by atoms with Crippen molar-refractivity contribution in [2.45, 2.75) is 0 Å². The first-order chi connectivity index (χ1) is 10.8. The van der Waals surface area contributed by atoms with Crippen LogP contribution >= 0.6 is 0 Å². The molecule has 4 aromatic rings. The lowest BCUT2D eigenvalue weighted by atomic mass is 9.86. The highest BCUT2D eigenvalue weighted by Crippen LogP contribution is 2.47. The standard InChI is InChI=1S/C19H12N2O/c1-22-17-8-4-5-11-9-13-14(10-12(11)17)19-18(13)20-15-6-2-3-7-16(15)21-19/h2-10H,1H3. The third-order valence-corrected chi connectivity index (χ3v) is 4.28. The van der Waals surface area contributed by atoms with Gasteiger partial charge in [0.2, 0.25) is 0 Å². The number of aromatic nitrogens is 2. The molecule has 104 valence electrons. The number of methoxy groups -OCH3 is 1. The summed E-state index contributed by atoms with van der Waals surface area (Å²) in [6.07, 6.45) is 0. The molecule has 0 atom stereocenters. The maximum absolute atomic E-state index is 5.47. The summed E-state index contributed by atoms with van der Waals surface area (Å²) < 4.78 is 5.47. The van der Waals surface area contributed by atoms with Gasteiger partial charge in [0.15, 0.2) is 0 Å². The van der Waals surface area contributed by atoms with Crippen molar-refractivity contribution >= 4 is 21.8 Å². The molecule has 0 radical (unpaired) electrons. The van der Waals surface area contributed by atoms with Crippen LogP contribution in [0.2, 0.25) is 0 Å². The van der Waals surface area contributed by atoms with Crippen molar-refractivity contribution in [3.05, 3.63) is 54.6 Å². The Hall–Kier alpha value is -2.94. The summed E-state index contributed by atoms with van der Waals surface area (Å²) in [6, 6.07) is 18.4. The fraction of sp³-hybridized carbons (Fsp3) is 0.0526. The Morgan fingerprint density at radius 1 is 0.773 bits per heavy atom. The highest BCUT2D eigenvalue weighted by molar-refractivity contribution is 6.07. The lowest BCUT2D eigenvalue weighted by Crippen LogP contribution is -2.05. The van der Waals surface area contributed by atoms with E-state index in [9.17, 15) is 0 Å². The van der Waals surface area contributed by atoms with E-state index in [-0.39, 0.29) is 0 Å². The monoisotopic (exact) mass is 284 g/mol. The molecule has 5 rings (SSSR count). The minimum atomic E-state index is 0.891. The van der Waals surface area contributed by atoms with Crippen molar-refractivity contribution in [2.75, 3.05) is 7.11 Å². The molecule has 0 bridgehead atoms. The Labute approximate surface area is 127 Å². The lowest BCUT2D eigenvalue weighted by molar-refractivity contribution is 0.420. The van der Waals surface area contributed by atoms with Gasteiger partial charge in [0.1, 0.15) is 5.75 Å². The molecule has 0 saturated carbocycles. The minimum absolute atomic E-state index is 0.891. The fourth-order valence-corrected chi connectivity index (χ4v) is 3.18. The second kappa shape index (κ2) is 4.04. The van der Waals surface area contributed by atoms with E-state index in [1.807, 2.05) is 36.4 Å². The largest absolute Gasteiger partial charge is 0.496 e. The Bertz CT molecular complexity index is 1070. The minimum Gasteiger partial charge on any atom is -0.496 e. The van der Waals surface area contributed by atoms with Crippen LogP contribution in [0.25, 0.3) is 44.3 Å². The van der Waals surface area contributed by atoms with E-state index in [1.165, 1.54) is 10.9 Å². The summed E-state index contributed by atoms with van der Waals surface area (Å²) in [5.74, 6) is 0.891. The van der Waals surface area contributed by atoms with Gasteiger partial charge in [-0.05, 0) is 35.7 Å². The number of nitrogens with zero attached hydrogens (tertiary/aromatic N) is 2. The average Bonchev–Trinajstić information content (AvgIpc) is 2.58. The predicted molar refractivity (Wildman–Crippen MR) is 88.0 cm³/mol. The molecule has 1 heterocycles. The van der Waals surface area contributed by atoms with Crippen molar-refractivity contribution in [2.24, 2.45) is 0 Å². The second-order valence-corrected chi connectivity index (χ2v) is 5.49. The van der Waals surface area contributed by atoms with E-state index >= 15 is 0 Å². The normalized spacial score (nSPS) is 11.9. The first kappa shape index (κ1) is 11.7. The van der Waals surface area contributed by atoms with Gasteiger partial charge in [-0.2, -0.15) is 0 Å². The van der Waals surface area contributed by atoms with Crippen molar-refractivity contribution in [1.82, 2.24) is 9.97 Å². The van der Waals surface area contributed by atoms with E-state index in [4.69, 9.17) is 14.7 Å². The predicted octanol–water partition coefficient (Wildman–Crippen LogP) is 4.44. The van der Waals surface area contributed by atoms with Crippen LogP contribution in [0, 0.1) is 0 Å². The Kier molecular flexibility index (Phi) is 2.15. The van der Waals surface area contributed by atoms with Gasteiger partial charge in [-0.3, -0.25) is 0 Å². The van der Waals surface area contributed by atoms with Gasteiger partial charge in [0.25, 0.3) is 0 Å². The number of hydrogen-bond donors (Lipinski definition) is 0. The zero-order valence-electron chi connectivity index (χ0n) is 12.0. The number of hydrogen-bond acceptors (Lipinski definition) is 3. The maximum Gasteiger partial charge on any atom is 0.126 e. The smallest absolute Gasteiger partial charge is 0.126 e. The number of ether oxygens (including phenoxy) is 1. The molecule has 0 amide bonds. The third kappa shape index (κ3) is 1.40. The summed E-state index contributed by atoms with van der Waals surface area (Å²) in [5, 5.41) is 2.28. The number of para-hydroxylation sites is 2. The van der Waals surface area contributed by atoms with E-state index in [2.05, 4.69) is 18.2 Å². The molecule has 0 unspecified atom stereocenters. The van der Waals surface area contributed by atoms with Crippen molar-refractivity contribution in [1.29, 1.82) is 0 Å². The van der Waals surface area contributed by atoms with E-state index < -0.39 is 0 Å². The summed E-state index contributed by atoms with van der Waals surface area (Å²) in [6.45, 7) is 0. The van der Waals surface area contributed by atoms with Crippen LogP contribution in [0.1, 0.15) is 0 Å². The van der Waals surface area contributed by atoms with Crippen LogP contribution in [-0.4, -0.2) is 17.1 Å². The molecular formula is C19H12N2O. The average molecular weight is 284 g/mol. The number of benzene rings is 3.